The average Bonchev–Trinajstić information content (AvgIpc) is 2.96. The smallest absolute Gasteiger partial charge is 0.110 e. The topological polar surface area (TPSA) is 31.4 Å². The van der Waals surface area contributed by atoms with Crippen molar-refractivity contribution in [1.82, 2.24) is 9.88 Å². The van der Waals surface area contributed by atoms with Crippen LogP contribution in [0.15, 0.2) is 59.7 Å². The van der Waals surface area contributed by atoms with Gasteiger partial charge in [-0.2, -0.15) is 0 Å². The zero-order chi connectivity index (χ0) is 14.1. The van der Waals surface area contributed by atoms with E-state index < -0.39 is 0 Å². The van der Waals surface area contributed by atoms with Gasteiger partial charge >= 0.3 is 0 Å². The minimum Gasteiger partial charge on any atom is -0.361 e. The third-order valence-corrected chi connectivity index (χ3v) is 4.02. The van der Waals surface area contributed by atoms with Crippen LogP contribution >= 0.6 is 0 Å². The van der Waals surface area contributed by atoms with Crippen LogP contribution in [-0.2, 0) is 6.42 Å². The van der Waals surface area contributed by atoms with Crippen molar-refractivity contribution in [2.45, 2.75) is 6.42 Å². The molecule has 1 aliphatic rings. The Labute approximate surface area is 123 Å². The molecule has 0 bridgehead atoms. The molecule has 0 spiro atoms. The number of nitrogens with zero attached hydrogens (tertiary/aromatic N) is 2. The number of H-pyrrole nitrogens is 1. The SMILES string of the molecule is C1=c2ccccc2=NCN1CCc1c[nH]c2ccccc12. The van der Waals surface area contributed by atoms with Gasteiger partial charge in [0.2, 0.25) is 0 Å². The standard InChI is InChI=1S/C18H17N3/c1-3-7-17-15(5-1)12-21(13-20-17)10-9-14-11-19-18-8-4-2-6-16(14)18/h1-8,11-12,19H,9-10,13H2. The van der Waals surface area contributed by atoms with Gasteiger partial charge in [0.15, 0.2) is 0 Å². The molecule has 0 fully saturated rings. The molecule has 1 aromatic heterocycles. The van der Waals surface area contributed by atoms with Crippen LogP contribution in [0.1, 0.15) is 5.56 Å². The monoisotopic (exact) mass is 275 g/mol. The second kappa shape index (κ2) is 5.09. The number of aromatic amines is 1. The Balaban J connectivity index is 1.54. The van der Waals surface area contributed by atoms with Gasteiger partial charge in [0.1, 0.15) is 6.67 Å². The minimum absolute atomic E-state index is 0.749. The fraction of sp³-hybridized carbons (Fsp3) is 0.167. The summed E-state index contributed by atoms with van der Waals surface area (Å²) in [6.45, 7) is 1.74. The Morgan fingerprint density at radius 1 is 1.05 bits per heavy atom. The van der Waals surface area contributed by atoms with Gasteiger partial charge < -0.3 is 9.88 Å². The fourth-order valence-electron chi connectivity index (χ4n) is 2.88. The first-order chi connectivity index (χ1) is 10.4. The van der Waals surface area contributed by atoms with Crippen molar-refractivity contribution in [3.05, 3.63) is 70.9 Å². The Morgan fingerprint density at radius 2 is 1.90 bits per heavy atom. The third kappa shape index (κ3) is 2.31. The maximum Gasteiger partial charge on any atom is 0.110 e. The van der Waals surface area contributed by atoms with Gasteiger partial charge in [0.25, 0.3) is 0 Å². The molecule has 4 rings (SSSR count). The molecule has 21 heavy (non-hydrogen) atoms. The number of rotatable bonds is 3. The zero-order valence-corrected chi connectivity index (χ0v) is 11.8. The Hall–Kier alpha value is -2.55. The predicted molar refractivity (Wildman–Crippen MR) is 85.3 cm³/mol. The molecular formula is C18H17N3. The van der Waals surface area contributed by atoms with Crippen LogP contribution in [0.4, 0.5) is 0 Å². The van der Waals surface area contributed by atoms with Crippen LogP contribution in [0.25, 0.3) is 17.1 Å². The molecule has 0 saturated heterocycles. The number of hydrogen-bond acceptors (Lipinski definition) is 2. The van der Waals surface area contributed by atoms with Crippen LogP contribution < -0.4 is 10.6 Å². The fourth-order valence-corrected chi connectivity index (χ4v) is 2.88. The number of aromatic nitrogens is 1. The van der Waals surface area contributed by atoms with Gasteiger partial charge in [0.05, 0.1) is 5.36 Å². The molecule has 1 aliphatic heterocycles. The molecule has 3 heteroatoms. The van der Waals surface area contributed by atoms with Gasteiger partial charge in [-0.15, -0.1) is 0 Å². The van der Waals surface area contributed by atoms with Gasteiger partial charge in [-0.25, -0.2) is 0 Å². The van der Waals surface area contributed by atoms with E-state index in [1.54, 1.807) is 0 Å². The third-order valence-electron chi connectivity index (χ3n) is 4.02. The Morgan fingerprint density at radius 3 is 2.90 bits per heavy atom. The summed E-state index contributed by atoms with van der Waals surface area (Å²) in [6, 6.07) is 16.8. The second-order valence-corrected chi connectivity index (χ2v) is 5.41. The van der Waals surface area contributed by atoms with E-state index in [2.05, 4.69) is 69.7 Å². The summed E-state index contributed by atoms with van der Waals surface area (Å²) in [4.78, 5) is 10.2. The van der Waals surface area contributed by atoms with Crippen LogP contribution in [0.2, 0.25) is 0 Å². The van der Waals surface area contributed by atoms with E-state index in [4.69, 9.17) is 0 Å². The first kappa shape index (κ1) is 12.2. The number of fused-ring (bicyclic) bond motifs is 2. The summed E-state index contributed by atoms with van der Waals surface area (Å²) in [5, 5.41) is 3.63. The molecule has 0 unspecified atom stereocenters. The lowest BCUT2D eigenvalue weighted by Crippen LogP contribution is -2.36. The molecule has 3 aromatic rings. The highest BCUT2D eigenvalue weighted by molar-refractivity contribution is 5.83. The summed E-state index contributed by atoms with van der Waals surface area (Å²) in [5.41, 5.74) is 2.59. The number of hydrogen-bond donors (Lipinski definition) is 1. The van der Waals surface area contributed by atoms with E-state index in [9.17, 15) is 0 Å². The van der Waals surface area contributed by atoms with Gasteiger partial charge in [-0.3, -0.25) is 4.99 Å². The first-order valence-corrected chi connectivity index (χ1v) is 7.30. The van der Waals surface area contributed by atoms with Gasteiger partial charge in [0, 0.05) is 35.1 Å². The van der Waals surface area contributed by atoms with Crippen molar-refractivity contribution in [3.63, 3.8) is 0 Å². The molecule has 2 aromatic carbocycles. The number of benzene rings is 2. The predicted octanol–water partition coefficient (Wildman–Crippen LogP) is 2.04. The van der Waals surface area contributed by atoms with Crippen molar-refractivity contribution in [3.8, 4) is 0 Å². The maximum absolute atomic E-state index is 4.62. The summed E-state index contributed by atoms with van der Waals surface area (Å²) < 4.78 is 0. The lowest BCUT2D eigenvalue weighted by molar-refractivity contribution is 0.417. The largest absolute Gasteiger partial charge is 0.361 e. The molecular weight excluding hydrogens is 258 g/mol. The molecule has 2 heterocycles. The summed E-state index contributed by atoms with van der Waals surface area (Å²) in [6.07, 6.45) is 5.37. The zero-order valence-electron chi connectivity index (χ0n) is 11.8. The molecule has 0 amide bonds. The normalized spacial score (nSPS) is 13.6. The summed E-state index contributed by atoms with van der Waals surface area (Å²) in [7, 11) is 0. The van der Waals surface area contributed by atoms with Crippen LogP contribution in [0, 0.1) is 0 Å². The van der Waals surface area contributed by atoms with Crippen molar-refractivity contribution in [1.29, 1.82) is 0 Å². The van der Waals surface area contributed by atoms with Crippen LogP contribution in [-0.4, -0.2) is 23.1 Å². The molecule has 3 nitrogen and oxygen atoms in total. The molecule has 0 saturated carbocycles. The highest BCUT2D eigenvalue weighted by Crippen LogP contribution is 2.18. The van der Waals surface area contributed by atoms with E-state index >= 15 is 0 Å². The Bertz CT molecular complexity index is 892. The molecule has 104 valence electrons. The number of nitrogens with one attached hydrogen (secondary N) is 1. The first-order valence-electron chi connectivity index (χ1n) is 7.30. The summed E-state index contributed by atoms with van der Waals surface area (Å²) in [5.74, 6) is 0. The molecule has 1 N–H and O–H groups in total. The summed E-state index contributed by atoms with van der Waals surface area (Å²) >= 11 is 0. The van der Waals surface area contributed by atoms with E-state index in [-0.39, 0.29) is 0 Å². The highest BCUT2D eigenvalue weighted by Gasteiger charge is 2.07. The second-order valence-electron chi connectivity index (χ2n) is 5.41. The lowest BCUT2D eigenvalue weighted by Gasteiger charge is -2.20. The average molecular weight is 275 g/mol. The van der Waals surface area contributed by atoms with Crippen molar-refractivity contribution < 1.29 is 0 Å². The molecule has 0 radical (unpaired) electrons. The highest BCUT2D eigenvalue weighted by atomic mass is 15.2. The quantitative estimate of drug-likeness (QED) is 0.779. The van der Waals surface area contributed by atoms with Crippen molar-refractivity contribution >= 4 is 17.1 Å². The molecule has 0 aliphatic carbocycles. The minimum atomic E-state index is 0.749. The van der Waals surface area contributed by atoms with Gasteiger partial charge in [-0.05, 0) is 24.1 Å². The van der Waals surface area contributed by atoms with E-state index in [1.807, 2.05) is 6.07 Å². The Kier molecular flexibility index (Phi) is 2.96. The van der Waals surface area contributed by atoms with Crippen molar-refractivity contribution in [2.75, 3.05) is 13.2 Å². The van der Waals surface area contributed by atoms with Gasteiger partial charge in [-0.1, -0.05) is 36.4 Å². The lowest BCUT2D eigenvalue weighted by atomic mass is 10.1. The van der Waals surface area contributed by atoms with E-state index in [0.29, 0.717) is 0 Å². The van der Waals surface area contributed by atoms with Crippen LogP contribution in [0.5, 0.6) is 0 Å². The van der Waals surface area contributed by atoms with Crippen molar-refractivity contribution in [2.24, 2.45) is 4.99 Å². The number of para-hydroxylation sites is 2. The molecule has 0 atom stereocenters. The maximum atomic E-state index is 4.62. The van der Waals surface area contributed by atoms with E-state index in [0.717, 1.165) is 25.0 Å². The van der Waals surface area contributed by atoms with Crippen LogP contribution in [0.3, 0.4) is 0 Å². The van der Waals surface area contributed by atoms with E-state index in [1.165, 1.54) is 21.7 Å².